The first-order valence-electron chi connectivity index (χ1n) is 11.3. The van der Waals surface area contributed by atoms with Crippen molar-refractivity contribution in [2.75, 3.05) is 18.4 Å². The number of hydrogen-bond acceptors (Lipinski definition) is 5. The number of rotatable bonds is 4. The molecule has 2 amide bonds. The van der Waals surface area contributed by atoms with E-state index < -0.39 is 0 Å². The molecule has 9 heteroatoms. The number of fused-ring (bicyclic) bond motifs is 1. The Morgan fingerprint density at radius 1 is 1.18 bits per heavy atom. The van der Waals surface area contributed by atoms with Crippen molar-refractivity contribution in [2.45, 2.75) is 46.5 Å². The van der Waals surface area contributed by atoms with Crippen LogP contribution in [0.2, 0.25) is 5.02 Å². The van der Waals surface area contributed by atoms with E-state index in [4.69, 9.17) is 11.6 Å². The van der Waals surface area contributed by atoms with E-state index in [1.54, 1.807) is 11.4 Å². The van der Waals surface area contributed by atoms with Crippen molar-refractivity contribution in [2.24, 2.45) is 16.7 Å². The van der Waals surface area contributed by atoms with Crippen molar-refractivity contribution >= 4 is 51.5 Å². The molecule has 1 aromatic carbocycles. The molecule has 2 N–H and O–H groups in total. The van der Waals surface area contributed by atoms with Crippen LogP contribution in [0.1, 0.15) is 62.0 Å². The molecule has 0 unspecified atom stereocenters. The van der Waals surface area contributed by atoms with Crippen LogP contribution in [0, 0.1) is 16.7 Å². The summed E-state index contributed by atoms with van der Waals surface area (Å²) in [5.41, 5.74) is 1.25. The van der Waals surface area contributed by atoms with Crippen LogP contribution < -0.4 is 5.32 Å². The summed E-state index contributed by atoms with van der Waals surface area (Å²) in [6, 6.07) is 5.44. The Bertz CT molecular complexity index is 1220. The van der Waals surface area contributed by atoms with Gasteiger partial charge in [0, 0.05) is 30.3 Å². The third-order valence-corrected chi connectivity index (χ3v) is 9.27. The van der Waals surface area contributed by atoms with Crippen LogP contribution in [-0.2, 0) is 4.79 Å². The number of aromatic amines is 1. The van der Waals surface area contributed by atoms with Crippen LogP contribution in [0.4, 0.5) is 5.82 Å². The molecule has 174 valence electrons. The highest BCUT2D eigenvalue weighted by Gasteiger charge is 2.68. The Hall–Kier alpha value is -2.45. The minimum Gasteiger partial charge on any atom is -0.342 e. The smallest absolute Gasteiger partial charge is 0.276 e. The van der Waals surface area contributed by atoms with Crippen molar-refractivity contribution in [3.8, 4) is 0 Å². The van der Waals surface area contributed by atoms with Gasteiger partial charge in [-0.1, -0.05) is 45.4 Å². The molecule has 3 aromatic rings. The Morgan fingerprint density at radius 2 is 1.88 bits per heavy atom. The van der Waals surface area contributed by atoms with E-state index in [9.17, 15) is 9.59 Å². The Balaban J connectivity index is 1.22. The molecule has 3 heterocycles. The number of thiazole rings is 1. The second-order valence-corrected chi connectivity index (χ2v) is 11.5. The van der Waals surface area contributed by atoms with Crippen LogP contribution in [0.15, 0.2) is 23.6 Å². The van der Waals surface area contributed by atoms with Crippen LogP contribution in [0.25, 0.3) is 10.9 Å². The molecule has 1 aliphatic heterocycles. The summed E-state index contributed by atoms with van der Waals surface area (Å²) in [6.45, 7) is 10.2. The van der Waals surface area contributed by atoms with E-state index in [0.717, 1.165) is 36.5 Å². The highest BCUT2D eigenvalue weighted by Crippen LogP contribution is 2.68. The second-order valence-electron chi connectivity index (χ2n) is 10.2. The summed E-state index contributed by atoms with van der Waals surface area (Å²) in [7, 11) is 0. The number of aromatic nitrogens is 3. The van der Waals surface area contributed by atoms with Crippen molar-refractivity contribution in [3.63, 3.8) is 0 Å². The van der Waals surface area contributed by atoms with Crippen LogP contribution in [0.3, 0.4) is 0 Å². The average molecular weight is 486 g/mol. The lowest BCUT2D eigenvalue weighted by Crippen LogP contribution is -2.39. The van der Waals surface area contributed by atoms with Crippen LogP contribution in [-0.4, -0.2) is 45.0 Å². The lowest BCUT2D eigenvalue weighted by atomic mass is 9.96. The zero-order chi connectivity index (χ0) is 23.5. The minimum absolute atomic E-state index is 0.0579. The van der Waals surface area contributed by atoms with Crippen LogP contribution in [0.5, 0.6) is 0 Å². The van der Waals surface area contributed by atoms with Gasteiger partial charge in [-0.15, -0.1) is 11.3 Å². The SMILES string of the molecule is CC1(C)C(C(=O)N2CCC(c3nc(C(=O)Nc4n[nH]c5cccc(Cl)c45)cs3)CC2)C1(C)C. The van der Waals surface area contributed by atoms with Gasteiger partial charge in [0.1, 0.15) is 5.69 Å². The van der Waals surface area contributed by atoms with E-state index in [0.29, 0.717) is 21.9 Å². The topological polar surface area (TPSA) is 91.0 Å². The molecule has 5 rings (SSSR count). The first kappa shape index (κ1) is 22.3. The van der Waals surface area contributed by atoms with Gasteiger partial charge in [0.2, 0.25) is 5.91 Å². The number of benzene rings is 1. The predicted molar refractivity (Wildman–Crippen MR) is 131 cm³/mol. The molecule has 33 heavy (non-hydrogen) atoms. The van der Waals surface area contributed by atoms with E-state index in [-0.39, 0.29) is 34.5 Å². The summed E-state index contributed by atoms with van der Waals surface area (Å²) >= 11 is 7.78. The monoisotopic (exact) mass is 485 g/mol. The fraction of sp³-hybridized carbons (Fsp3) is 0.500. The van der Waals surface area contributed by atoms with Gasteiger partial charge < -0.3 is 10.2 Å². The van der Waals surface area contributed by atoms with Gasteiger partial charge in [-0.2, -0.15) is 5.10 Å². The maximum atomic E-state index is 13.0. The average Bonchev–Trinajstić information content (AvgIpc) is 3.24. The van der Waals surface area contributed by atoms with E-state index in [1.807, 2.05) is 17.0 Å². The van der Waals surface area contributed by atoms with Gasteiger partial charge in [-0.05, 0) is 35.8 Å². The number of amides is 2. The number of carbonyl (C=O) groups is 2. The largest absolute Gasteiger partial charge is 0.342 e. The maximum absolute atomic E-state index is 13.0. The predicted octanol–water partition coefficient (Wildman–Crippen LogP) is 5.31. The summed E-state index contributed by atoms with van der Waals surface area (Å²) in [5.74, 6) is 0.738. The van der Waals surface area contributed by atoms with E-state index in [1.165, 1.54) is 11.3 Å². The summed E-state index contributed by atoms with van der Waals surface area (Å²) in [4.78, 5) is 32.5. The van der Waals surface area contributed by atoms with Gasteiger partial charge >= 0.3 is 0 Å². The quantitative estimate of drug-likeness (QED) is 0.523. The molecule has 0 radical (unpaired) electrons. The lowest BCUT2D eigenvalue weighted by molar-refractivity contribution is -0.134. The summed E-state index contributed by atoms with van der Waals surface area (Å²) in [5, 5.41) is 13.8. The molecule has 2 fully saturated rings. The molecule has 1 saturated heterocycles. The van der Waals surface area contributed by atoms with Crippen molar-refractivity contribution in [1.29, 1.82) is 0 Å². The molecule has 1 saturated carbocycles. The maximum Gasteiger partial charge on any atom is 0.276 e. The number of halogens is 1. The second kappa shape index (κ2) is 7.81. The number of piperidine rings is 1. The number of hydrogen-bond donors (Lipinski definition) is 2. The Morgan fingerprint density at radius 3 is 2.55 bits per heavy atom. The molecule has 0 atom stereocenters. The van der Waals surface area contributed by atoms with Gasteiger partial charge in [-0.25, -0.2) is 4.98 Å². The van der Waals surface area contributed by atoms with Gasteiger partial charge in [0.05, 0.1) is 20.9 Å². The Kier molecular flexibility index (Phi) is 5.29. The molecular weight excluding hydrogens is 458 g/mol. The normalized spacial score (nSPS) is 20.2. The van der Waals surface area contributed by atoms with Crippen molar-refractivity contribution in [3.05, 3.63) is 39.3 Å². The minimum atomic E-state index is -0.309. The first-order valence-corrected chi connectivity index (χ1v) is 12.5. The molecule has 0 spiro atoms. The number of carbonyl (C=O) groups excluding carboxylic acids is 2. The molecule has 2 aromatic heterocycles. The summed E-state index contributed by atoms with van der Waals surface area (Å²) < 4.78 is 0. The zero-order valence-corrected chi connectivity index (χ0v) is 20.8. The van der Waals surface area contributed by atoms with Crippen molar-refractivity contribution in [1.82, 2.24) is 20.1 Å². The molecule has 1 aliphatic carbocycles. The lowest BCUT2D eigenvalue weighted by Gasteiger charge is -2.31. The number of anilines is 1. The van der Waals surface area contributed by atoms with Gasteiger partial charge in [0.25, 0.3) is 5.91 Å². The van der Waals surface area contributed by atoms with Crippen molar-refractivity contribution < 1.29 is 9.59 Å². The van der Waals surface area contributed by atoms with Gasteiger partial charge in [0.15, 0.2) is 5.82 Å². The highest BCUT2D eigenvalue weighted by molar-refractivity contribution is 7.10. The number of H-pyrrole nitrogens is 1. The molecule has 2 aliphatic rings. The Labute approximate surface area is 201 Å². The third-order valence-electron chi connectivity index (χ3n) is 7.95. The van der Waals surface area contributed by atoms with Crippen LogP contribution >= 0.6 is 22.9 Å². The third kappa shape index (κ3) is 3.64. The molecular formula is C24H28ClN5O2S. The zero-order valence-electron chi connectivity index (χ0n) is 19.2. The first-order chi connectivity index (χ1) is 15.6. The standard InChI is InChI=1S/C24H28ClN5O2S/c1-23(2)18(24(23,3)4)22(32)30-10-8-13(9-11-30)21-26-16(12-33-21)20(31)27-19-17-14(25)6-5-7-15(17)28-29-19/h5-7,12-13,18H,8-11H2,1-4H3,(H2,27,28,29,31). The highest BCUT2D eigenvalue weighted by atomic mass is 35.5. The fourth-order valence-electron chi connectivity index (χ4n) is 5.21. The number of nitrogens with zero attached hydrogens (tertiary/aromatic N) is 3. The van der Waals surface area contributed by atoms with E-state index >= 15 is 0 Å². The number of likely N-dealkylation sites (tertiary alicyclic amines) is 1. The van der Waals surface area contributed by atoms with E-state index in [2.05, 4.69) is 48.2 Å². The molecule has 7 nitrogen and oxygen atoms in total. The molecule has 0 bridgehead atoms. The number of nitrogens with one attached hydrogen (secondary N) is 2. The fourth-order valence-corrected chi connectivity index (χ4v) is 6.45. The van der Waals surface area contributed by atoms with Gasteiger partial charge in [-0.3, -0.25) is 14.7 Å². The summed E-state index contributed by atoms with van der Waals surface area (Å²) in [6.07, 6.45) is 1.74.